The predicted molar refractivity (Wildman–Crippen MR) is 105 cm³/mol. The number of amides is 2. The number of carbonyl (C=O) groups is 2. The number of ether oxygens (including phenoxy) is 1. The van der Waals surface area contributed by atoms with E-state index in [1.807, 2.05) is 18.7 Å². The molecular formula is C20H31N3O3. The van der Waals surface area contributed by atoms with Crippen LogP contribution in [0.1, 0.15) is 52.9 Å². The molecule has 1 atom stereocenters. The summed E-state index contributed by atoms with van der Waals surface area (Å²) in [7, 11) is 1.59. The number of rotatable bonds is 7. The van der Waals surface area contributed by atoms with Crippen molar-refractivity contribution >= 4 is 23.2 Å². The fraction of sp³-hybridized carbons (Fsp3) is 0.600. The molecule has 0 saturated heterocycles. The second kappa shape index (κ2) is 9.46. The van der Waals surface area contributed by atoms with Gasteiger partial charge in [-0.3, -0.25) is 9.59 Å². The molecule has 26 heavy (non-hydrogen) atoms. The van der Waals surface area contributed by atoms with Crippen LogP contribution in [0.3, 0.4) is 0 Å². The molecule has 1 fully saturated rings. The van der Waals surface area contributed by atoms with Gasteiger partial charge < -0.3 is 20.3 Å². The molecular weight excluding hydrogens is 330 g/mol. The molecule has 1 aromatic rings. The quantitative estimate of drug-likeness (QED) is 0.778. The monoisotopic (exact) mass is 361 g/mol. The number of nitrogens with zero attached hydrogens (tertiary/aromatic N) is 1. The zero-order valence-electron chi connectivity index (χ0n) is 16.3. The molecule has 1 aliphatic rings. The van der Waals surface area contributed by atoms with Crippen molar-refractivity contribution in [2.75, 3.05) is 24.3 Å². The van der Waals surface area contributed by atoms with Gasteiger partial charge in [0.05, 0.1) is 12.8 Å². The molecule has 1 saturated carbocycles. The van der Waals surface area contributed by atoms with E-state index in [0.717, 1.165) is 19.4 Å². The van der Waals surface area contributed by atoms with E-state index in [1.165, 1.54) is 26.2 Å². The molecule has 0 spiro atoms. The van der Waals surface area contributed by atoms with E-state index < -0.39 is 0 Å². The highest BCUT2D eigenvalue weighted by molar-refractivity contribution is 5.90. The molecule has 6 heteroatoms. The lowest BCUT2D eigenvalue weighted by Crippen LogP contribution is -2.47. The summed E-state index contributed by atoms with van der Waals surface area (Å²) < 4.78 is 5.39. The Hall–Kier alpha value is -2.24. The van der Waals surface area contributed by atoms with Crippen molar-refractivity contribution < 1.29 is 14.3 Å². The molecule has 144 valence electrons. The Morgan fingerprint density at radius 2 is 1.96 bits per heavy atom. The standard InChI is InChI=1S/C20H31N3O3/c1-5-23(17-9-7-6-8-10-17)20(25)14(2)21-18-13-16(22-15(3)24)11-12-19(18)26-4/h11-14,17,21H,5-10H2,1-4H3,(H,22,24)/t14-/m1/s1. The van der Waals surface area contributed by atoms with Crippen LogP contribution in [0.4, 0.5) is 11.4 Å². The Labute approximate surface area is 156 Å². The maximum absolute atomic E-state index is 13.0. The number of methoxy groups -OCH3 is 1. The fourth-order valence-electron chi connectivity index (χ4n) is 3.63. The second-order valence-corrected chi connectivity index (χ2v) is 6.88. The number of carbonyl (C=O) groups excluding carboxylic acids is 2. The van der Waals surface area contributed by atoms with Gasteiger partial charge in [0.1, 0.15) is 11.8 Å². The van der Waals surface area contributed by atoms with Crippen molar-refractivity contribution in [3.8, 4) is 5.75 Å². The Kier molecular flexibility index (Phi) is 7.30. The van der Waals surface area contributed by atoms with Crippen LogP contribution in [0, 0.1) is 0 Å². The Balaban J connectivity index is 2.12. The molecule has 2 rings (SSSR count). The van der Waals surface area contributed by atoms with E-state index in [4.69, 9.17) is 4.74 Å². The average molecular weight is 361 g/mol. The molecule has 0 unspecified atom stereocenters. The molecule has 1 aromatic carbocycles. The number of hydrogen-bond acceptors (Lipinski definition) is 4. The minimum absolute atomic E-state index is 0.103. The first-order valence-electron chi connectivity index (χ1n) is 9.48. The van der Waals surface area contributed by atoms with Crippen LogP contribution in [0.15, 0.2) is 18.2 Å². The summed E-state index contributed by atoms with van der Waals surface area (Å²) in [6, 6.07) is 5.32. The summed E-state index contributed by atoms with van der Waals surface area (Å²) in [5.74, 6) is 0.602. The van der Waals surface area contributed by atoms with E-state index in [9.17, 15) is 9.59 Å². The summed E-state index contributed by atoms with van der Waals surface area (Å²) in [6.45, 7) is 6.10. The van der Waals surface area contributed by atoms with Gasteiger partial charge in [0.25, 0.3) is 0 Å². The summed E-state index contributed by atoms with van der Waals surface area (Å²) in [6.07, 6.45) is 5.84. The molecule has 6 nitrogen and oxygen atoms in total. The Morgan fingerprint density at radius 3 is 2.54 bits per heavy atom. The largest absolute Gasteiger partial charge is 0.495 e. The molecule has 0 heterocycles. The minimum Gasteiger partial charge on any atom is -0.495 e. The van der Waals surface area contributed by atoms with Gasteiger partial charge in [0.2, 0.25) is 11.8 Å². The summed E-state index contributed by atoms with van der Waals surface area (Å²) in [5.41, 5.74) is 1.36. The lowest BCUT2D eigenvalue weighted by Gasteiger charge is -2.35. The van der Waals surface area contributed by atoms with Crippen molar-refractivity contribution in [3.05, 3.63) is 18.2 Å². The molecule has 1 aliphatic carbocycles. The maximum atomic E-state index is 13.0. The third-order valence-electron chi connectivity index (χ3n) is 4.90. The lowest BCUT2D eigenvalue weighted by atomic mass is 9.94. The van der Waals surface area contributed by atoms with Crippen LogP contribution in [-0.2, 0) is 9.59 Å². The lowest BCUT2D eigenvalue weighted by molar-refractivity contribution is -0.134. The van der Waals surface area contributed by atoms with Crippen LogP contribution >= 0.6 is 0 Å². The van der Waals surface area contributed by atoms with Crippen molar-refractivity contribution in [3.63, 3.8) is 0 Å². The highest BCUT2D eigenvalue weighted by Crippen LogP contribution is 2.29. The van der Waals surface area contributed by atoms with E-state index in [2.05, 4.69) is 10.6 Å². The van der Waals surface area contributed by atoms with Gasteiger partial charge in [-0.1, -0.05) is 19.3 Å². The zero-order valence-corrected chi connectivity index (χ0v) is 16.3. The number of likely N-dealkylation sites (N-methyl/N-ethyl adjacent to an activating group) is 1. The second-order valence-electron chi connectivity index (χ2n) is 6.88. The van der Waals surface area contributed by atoms with Gasteiger partial charge in [-0.15, -0.1) is 0 Å². The van der Waals surface area contributed by atoms with Crippen LogP contribution in [0.25, 0.3) is 0 Å². The molecule has 2 amide bonds. The first-order valence-corrected chi connectivity index (χ1v) is 9.48. The van der Waals surface area contributed by atoms with Crippen LogP contribution in [0.5, 0.6) is 5.75 Å². The molecule has 0 aliphatic heterocycles. The van der Waals surface area contributed by atoms with Gasteiger partial charge in [0, 0.05) is 25.2 Å². The molecule has 0 radical (unpaired) electrons. The summed E-state index contributed by atoms with van der Waals surface area (Å²) in [5, 5.41) is 6.02. The van der Waals surface area contributed by atoms with Gasteiger partial charge in [-0.25, -0.2) is 0 Å². The third-order valence-corrected chi connectivity index (χ3v) is 4.90. The molecule has 0 aromatic heterocycles. The van der Waals surface area contributed by atoms with Crippen LogP contribution in [-0.4, -0.2) is 42.5 Å². The number of hydrogen-bond donors (Lipinski definition) is 2. The minimum atomic E-state index is -0.377. The van der Waals surface area contributed by atoms with Crippen molar-refractivity contribution in [1.82, 2.24) is 4.90 Å². The maximum Gasteiger partial charge on any atom is 0.245 e. The number of benzene rings is 1. The predicted octanol–water partition coefficient (Wildman–Crippen LogP) is 3.64. The fourth-order valence-corrected chi connectivity index (χ4v) is 3.63. The van der Waals surface area contributed by atoms with Crippen LogP contribution in [0.2, 0.25) is 0 Å². The summed E-state index contributed by atoms with van der Waals surface area (Å²) in [4.78, 5) is 26.3. The smallest absolute Gasteiger partial charge is 0.245 e. The van der Waals surface area contributed by atoms with E-state index >= 15 is 0 Å². The highest BCUT2D eigenvalue weighted by Gasteiger charge is 2.27. The highest BCUT2D eigenvalue weighted by atomic mass is 16.5. The molecule has 2 N–H and O–H groups in total. The number of anilines is 2. The Bertz CT molecular complexity index is 627. The van der Waals surface area contributed by atoms with E-state index in [0.29, 0.717) is 23.2 Å². The van der Waals surface area contributed by atoms with Crippen LogP contribution < -0.4 is 15.4 Å². The third kappa shape index (κ3) is 5.13. The van der Waals surface area contributed by atoms with Gasteiger partial charge in [-0.05, 0) is 44.9 Å². The van der Waals surface area contributed by atoms with Crippen molar-refractivity contribution in [1.29, 1.82) is 0 Å². The summed E-state index contributed by atoms with van der Waals surface area (Å²) >= 11 is 0. The van der Waals surface area contributed by atoms with E-state index in [-0.39, 0.29) is 17.9 Å². The number of nitrogens with one attached hydrogen (secondary N) is 2. The SMILES string of the molecule is CCN(C(=O)[C@@H](C)Nc1cc(NC(C)=O)ccc1OC)C1CCCCC1. The van der Waals surface area contributed by atoms with Crippen molar-refractivity contribution in [2.24, 2.45) is 0 Å². The van der Waals surface area contributed by atoms with E-state index in [1.54, 1.807) is 25.3 Å². The normalized spacial score (nSPS) is 15.8. The van der Waals surface area contributed by atoms with Crippen molar-refractivity contribution in [2.45, 2.75) is 65.0 Å². The van der Waals surface area contributed by atoms with Gasteiger partial charge in [-0.2, -0.15) is 0 Å². The topological polar surface area (TPSA) is 70.7 Å². The first kappa shape index (κ1) is 20.1. The average Bonchev–Trinajstić information content (AvgIpc) is 2.63. The van der Waals surface area contributed by atoms with Gasteiger partial charge >= 0.3 is 0 Å². The Morgan fingerprint density at radius 1 is 1.27 bits per heavy atom. The zero-order chi connectivity index (χ0) is 19.1. The molecule has 0 bridgehead atoms. The first-order chi connectivity index (χ1) is 12.5. The van der Waals surface area contributed by atoms with Gasteiger partial charge in [0.15, 0.2) is 0 Å².